The summed E-state index contributed by atoms with van der Waals surface area (Å²) >= 11 is 0. The molecule has 168 valence electrons. The SMILES string of the molecule is COc1ccc(/C=[N+]2\NC(=O)[C@@H](NC(=O)c3ccccc3)[C@H]2c2ccc(C)cc2)cc1OC. The molecule has 1 fully saturated rings. The van der Waals surface area contributed by atoms with E-state index in [2.05, 4.69) is 10.7 Å². The summed E-state index contributed by atoms with van der Waals surface area (Å²) in [5.41, 5.74) is 6.20. The molecule has 0 aromatic heterocycles. The van der Waals surface area contributed by atoms with E-state index >= 15 is 0 Å². The molecule has 4 rings (SSSR count). The van der Waals surface area contributed by atoms with E-state index in [4.69, 9.17) is 9.47 Å². The van der Waals surface area contributed by atoms with Crippen LogP contribution in [0.25, 0.3) is 0 Å². The van der Waals surface area contributed by atoms with Crippen LogP contribution in [0.4, 0.5) is 0 Å². The average molecular weight is 445 g/mol. The number of carbonyl (C=O) groups excluding carboxylic acids is 2. The third kappa shape index (κ3) is 4.72. The number of benzene rings is 3. The first-order valence-corrected chi connectivity index (χ1v) is 10.6. The monoisotopic (exact) mass is 444 g/mol. The number of ether oxygens (including phenoxy) is 2. The van der Waals surface area contributed by atoms with Gasteiger partial charge in [-0.1, -0.05) is 48.0 Å². The zero-order valence-electron chi connectivity index (χ0n) is 18.7. The summed E-state index contributed by atoms with van der Waals surface area (Å²) < 4.78 is 12.4. The molecule has 0 unspecified atom stereocenters. The molecule has 1 aliphatic rings. The lowest BCUT2D eigenvalue weighted by Gasteiger charge is -2.15. The van der Waals surface area contributed by atoms with Crippen molar-refractivity contribution >= 4 is 18.0 Å². The second kappa shape index (κ2) is 9.56. The van der Waals surface area contributed by atoms with Gasteiger partial charge in [0.15, 0.2) is 17.5 Å². The van der Waals surface area contributed by atoms with E-state index in [1.54, 1.807) is 49.2 Å². The van der Waals surface area contributed by atoms with Crippen molar-refractivity contribution < 1.29 is 23.7 Å². The highest BCUT2D eigenvalue weighted by molar-refractivity contribution is 5.98. The van der Waals surface area contributed by atoms with Crippen molar-refractivity contribution in [1.82, 2.24) is 10.7 Å². The van der Waals surface area contributed by atoms with E-state index in [1.165, 1.54) is 0 Å². The third-order valence-corrected chi connectivity index (χ3v) is 5.57. The zero-order chi connectivity index (χ0) is 23.4. The van der Waals surface area contributed by atoms with Gasteiger partial charge in [0.1, 0.15) is 0 Å². The molecule has 0 radical (unpaired) electrons. The molecule has 2 N–H and O–H groups in total. The van der Waals surface area contributed by atoms with Gasteiger partial charge in [-0.25, -0.2) is 0 Å². The highest BCUT2D eigenvalue weighted by Crippen LogP contribution is 2.29. The Morgan fingerprint density at radius 3 is 2.33 bits per heavy atom. The van der Waals surface area contributed by atoms with Crippen LogP contribution in [0.5, 0.6) is 11.5 Å². The topological polar surface area (TPSA) is 79.7 Å². The second-order valence-electron chi connectivity index (χ2n) is 7.80. The van der Waals surface area contributed by atoms with Crippen molar-refractivity contribution in [2.45, 2.75) is 19.0 Å². The Balaban J connectivity index is 1.72. The molecule has 3 aromatic carbocycles. The molecule has 3 aromatic rings. The summed E-state index contributed by atoms with van der Waals surface area (Å²) in [6.45, 7) is 2.00. The number of hydrazine groups is 1. The average Bonchev–Trinajstić information content (AvgIpc) is 3.14. The highest BCUT2D eigenvalue weighted by atomic mass is 16.5. The van der Waals surface area contributed by atoms with Crippen LogP contribution in [0, 0.1) is 6.92 Å². The molecule has 0 bridgehead atoms. The molecule has 1 heterocycles. The molecule has 1 aliphatic heterocycles. The maximum absolute atomic E-state index is 13.0. The van der Waals surface area contributed by atoms with Gasteiger partial charge in [-0.3, -0.25) is 9.59 Å². The zero-order valence-corrected chi connectivity index (χ0v) is 18.7. The molecular weight excluding hydrogens is 418 g/mol. The minimum Gasteiger partial charge on any atom is -0.493 e. The van der Waals surface area contributed by atoms with Crippen molar-refractivity contribution in [3.63, 3.8) is 0 Å². The third-order valence-electron chi connectivity index (χ3n) is 5.57. The van der Waals surface area contributed by atoms with E-state index in [0.717, 1.165) is 16.7 Å². The Labute approximate surface area is 192 Å². The van der Waals surface area contributed by atoms with Crippen molar-refractivity contribution in [3.8, 4) is 11.5 Å². The largest absolute Gasteiger partial charge is 0.493 e. The summed E-state index contributed by atoms with van der Waals surface area (Å²) in [6.07, 6.45) is 1.82. The maximum Gasteiger partial charge on any atom is 0.304 e. The lowest BCUT2D eigenvalue weighted by Crippen LogP contribution is -2.42. The number of nitrogens with one attached hydrogen (secondary N) is 2. The van der Waals surface area contributed by atoms with Crippen molar-refractivity contribution in [2.24, 2.45) is 0 Å². The minimum atomic E-state index is -0.781. The number of amides is 2. The number of methoxy groups -OCH3 is 2. The molecular formula is C26H26N3O4+. The summed E-state index contributed by atoms with van der Waals surface area (Å²) in [5.74, 6) is 0.600. The molecule has 0 saturated carbocycles. The van der Waals surface area contributed by atoms with E-state index < -0.39 is 12.1 Å². The predicted octanol–water partition coefficient (Wildman–Crippen LogP) is 3.03. The number of rotatable bonds is 6. The van der Waals surface area contributed by atoms with E-state index in [1.807, 2.05) is 55.6 Å². The fourth-order valence-electron chi connectivity index (χ4n) is 3.85. The van der Waals surface area contributed by atoms with Gasteiger partial charge in [0.25, 0.3) is 5.91 Å². The summed E-state index contributed by atoms with van der Waals surface area (Å²) in [5, 5.41) is 2.91. The first kappa shape index (κ1) is 22.1. The Hall–Kier alpha value is -4.13. The summed E-state index contributed by atoms with van der Waals surface area (Å²) in [4.78, 5) is 25.8. The van der Waals surface area contributed by atoms with Crippen LogP contribution in [0.15, 0.2) is 72.8 Å². The molecule has 1 saturated heterocycles. The highest BCUT2D eigenvalue weighted by Gasteiger charge is 2.47. The molecule has 7 heteroatoms. The lowest BCUT2D eigenvalue weighted by atomic mass is 9.98. The summed E-state index contributed by atoms with van der Waals surface area (Å²) in [6, 6.07) is 21.1. The van der Waals surface area contributed by atoms with Crippen LogP contribution in [-0.2, 0) is 4.79 Å². The van der Waals surface area contributed by atoms with Crippen LogP contribution in [0.1, 0.15) is 33.1 Å². The van der Waals surface area contributed by atoms with Gasteiger partial charge in [-0.05, 0) is 37.3 Å². The van der Waals surface area contributed by atoms with Crippen molar-refractivity contribution in [2.75, 3.05) is 14.2 Å². The lowest BCUT2D eigenvalue weighted by molar-refractivity contribution is -0.596. The smallest absolute Gasteiger partial charge is 0.304 e. The second-order valence-corrected chi connectivity index (χ2v) is 7.80. The van der Waals surface area contributed by atoms with Gasteiger partial charge in [0.05, 0.1) is 14.2 Å². The van der Waals surface area contributed by atoms with Gasteiger partial charge in [0, 0.05) is 16.7 Å². The van der Waals surface area contributed by atoms with Gasteiger partial charge < -0.3 is 14.8 Å². The van der Waals surface area contributed by atoms with Crippen LogP contribution < -0.4 is 20.2 Å². The van der Waals surface area contributed by atoms with Gasteiger partial charge in [0.2, 0.25) is 12.3 Å². The number of nitrogens with zero attached hydrogens (tertiary/aromatic N) is 1. The molecule has 2 amide bonds. The fourth-order valence-corrected chi connectivity index (χ4v) is 3.85. The first-order chi connectivity index (χ1) is 16.0. The summed E-state index contributed by atoms with van der Waals surface area (Å²) in [7, 11) is 3.15. The molecule has 33 heavy (non-hydrogen) atoms. The molecule has 0 aliphatic carbocycles. The number of hydrogen-bond donors (Lipinski definition) is 2. The fraction of sp³-hybridized carbons (Fsp3) is 0.192. The molecule has 2 atom stereocenters. The van der Waals surface area contributed by atoms with Gasteiger partial charge in [-0.15, -0.1) is 10.1 Å². The number of aryl methyl sites for hydroxylation is 1. The predicted molar refractivity (Wildman–Crippen MR) is 125 cm³/mol. The Morgan fingerprint density at radius 1 is 0.970 bits per heavy atom. The molecule has 0 spiro atoms. The van der Waals surface area contributed by atoms with Crippen LogP contribution in [-0.4, -0.2) is 43.0 Å². The Kier molecular flexibility index (Phi) is 6.40. The Morgan fingerprint density at radius 2 is 1.67 bits per heavy atom. The van der Waals surface area contributed by atoms with Gasteiger partial charge >= 0.3 is 5.91 Å². The quantitative estimate of drug-likeness (QED) is 0.573. The van der Waals surface area contributed by atoms with E-state index in [0.29, 0.717) is 17.1 Å². The maximum atomic E-state index is 13.0. The minimum absolute atomic E-state index is 0.290. The first-order valence-electron chi connectivity index (χ1n) is 10.6. The van der Waals surface area contributed by atoms with E-state index in [-0.39, 0.29) is 11.8 Å². The van der Waals surface area contributed by atoms with Crippen LogP contribution in [0.3, 0.4) is 0 Å². The van der Waals surface area contributed by atoms with Crippen LogP contribution in [0.2, 0.25) is 0 Å². The van der Waals surface area contributed by atoms with Crippen LogP contribution >= 0.6 is 0 Å². The number of hydrogen-bond acceptors (Lipinski definition) is 4. The number of carbonyl (C=O) groups is 2. The standard InChI is InChI=1S/C26H25N3O4/c1-17-9-12-19(13-10-17)24-23(27-25(30)20-7-5-4-6-8-20)26(31)28-29(24)16-18-11-14-21(32-2)22(15-18)33-3/h4-16,23-24H,1-3H3,(H-,27,28,30,31)/p+1/b29-16-/t23-,24+/m0/s1. The molecule has 7 nitrogen and oxygen atoms in total. The normalized spacial score (nSPS) is 18.6. The van der Waals surface area contributed by atoms with Crippen molar-refractivity contribution in [1.29, 1.82) is 0 Å². The Bertz CT molecular complexity index is 1190. The van der Waals surface area contributed by atoms with Crippen molar-refractivity contribution in [3.05, 3.63) is 95.1 Å². The van der Waals surface area contributed by atoms with E-state index in [9.17, 15) is 9.59 Å². The number of hydrazone groups is 1. The van der Waals surface area contributed by atoms with Gasteiger partial charge in [-0.2, -0.15) is 0 Å².